The van der Waals surface area contributed by atoms with Gasteiger partial charge in [-0.15, -0.1) is 0 Å². The summed E-state index contributed by atoms with van der Waals surface area (Å²) in [6.07, 6.45) is 3.64. The van der Waals surface area contributed by atoms with E-state index in [1.807, 2.05) is 20.8 Å². The first kappa shape index (κ1) is 16.3. The van der Waals surface area contributed by atoms with Crippen molar-refractivity contribution < 1.29 is 9.53 Å². The second-order valence-electron chi connectivity index (χ2n) is 3.29. The maximum Gasteiger partial charge on any atom is 0.344 e. The number of hydrogen-bond donors (Lipinski definition) is 1. The van der Waals surface area contributed by atoms with Crippen LogP contribution in [0.4, 0.5) is 0 Å². The Balaban J connectivity index is 0.00000121. The lowest BCUT2D eigenvalue weighted by Crippen LogP contribution is -2.33. The molecule has 0 amide bonds. The van der Waals surface area contributed by atoms with Crippen molar-refractivity contribution in [3.63, 3.8) is 0 Å². The van der Waals surface area contributed by atoms with Gasteiger partial charge in [-0.3, -0.25) is 0 Å². The molecule has 0 atom stereocenters. The van der Waals surface area contributed by atoms with Gasteiger partial charge < -0.3 is 10.1 Å². The summed E-state index contributed by atoms with van der Waals surface area (Å²) < 4.78 is 5.38. The highest BCUT2D eigenvalue weighted by Crippen LogP contribution is 2.19. The van der Waals surface area contributed by atoms with Crippen LogP contribution in [0.5, 0.6) is 0 Å². The first-order valence-corrected chi connectivity index (χ1v) is 7.01. The second-order valence-corrected chi connectivity index (χ2v) is 4.30. The fourth-order valence-corrected chi connectivity index (χ4v) is 1.91. The minimum Gasteiger partial charge on any atom is -0.458 e. The van der Waals surface area contributed by atoms with Crippen molar-refractivity contribution in [3.8, 4) is 0 Å². The van der Waals surface area contributed by atoms with E-state index in [0.29, 0.717) is 4.91 Å². The molecule has 0 unspecified atom stereocenters. The monoisotopic (exact) mass is 257 g/mol. The Kier molecular flexibility index (Phi) is 9.96. The maximum atomic E-state index is 11.7. The molecule has 1 aliphatic rings. The largest absolute Gasteiger partial charge is 0.458 e. The Labute approximate surface area is 109 Å². The third-order valence-electron chi connectivity index (χ3n) is 2.23. The van der Waals surface area contributed by atoms with Crippen molar-refractivity contribution in [2.45, 2.75) is 39.7 Å². The van der Waals surface area contributed by atoms with Crippen molar-refractivity contribution in [2.24, 2.45) is 0 Å². The number of allylic oxidation sites excluding steroid dienone is 1. The van der Waals surface area contributed by atoms with Crippen molar-refractivity contribution in [1.82, 2.24) is 5.32 Å². The Hall–Kier alpha value is -0.740. The number of rotatable bonds is 4. The van der Waals surface area contributed by atoms with Gasteiger partial charge in [0.2, 0.25) is 0 Å². The topological polar surface area (TPSA) is 38.3 Å². The highest BCUT2D eigenvalue weighted by atomic mass is 32.2. The standard InChI is InChI=1S/C11H17NO2S.C2H6/c1-3-10(15-4-2)11(13)14-9-5-7-12-8-6-9;1-2/h3-4,9,12H,2,5-8H2,1H3;1-2H3/b10-3-;. The fraction of sp³-hybridized carbons (Fsp3) is 0.615. The van der Waals surface area contributed by atoms with Crippen LogP contribution in [0.25, 0.3) is 0 Å². The summed E-state index contributed by atoms with van der Waals surface area (Å²) >= 11 is 1.31. The number of hydrogen-bond acceptors (Lipinski definition) is 4. The number of carbonyl (C=O) groups excluding carboxylic acids is 1. The molecule has 0 saturated carbocycles. The molecule has 4 heteroatoms. The van der Waals surface area contributed by atoms with Gasteiger partial charge >= 0.3 is 5.97 Å². The van der Waals surface area contributed by atoms with Gasteiger partial charge in [-0.05, 0) is 38.3 Å². The number of carbonyl (C=O) groups is 1. The van der Waals surface area contributed by atoms with Crippen molar-refractivity contribution in [1.29, 1.82) is 0 Å². The molecule has 1 N–H and O–H groups in total. The molecule has 0 spiro atoms. The normalized spacial score (nSPS) is 16.8. The van der Waals surface area contributed by atoms with Gasteiger partial charge in [-0.2, -0.15) is 0 Å². The summed E-state index contributed by atoms with van der Waals surface area (Å²) in [5.41, 5.74) is 0. The van der Waals surface area contributed by atoms with Crippen LogP contribution < -0.4 is 5.32 Å². The van der Waals surface area contributed by atoms with E-state index in [0.717, 1.165) is 25.9 Å². The quantitative estimate of drug-likeness (QED) is 0.620. The van der Waals surface area contributed by atoms with Gasteiger partial charge in [-0.25, -0.2) is 4.79 Å². The second kappa shape index (κ2) is 10.4. The van der Waals surface area contributed by atoms with Gasteiger partial charge in [0, 0.05) is 0 Å². The Morgan fingerprint density at radius 2 is 2.00 bits per heavy atom. The predicted molar refractivity (Wildman–Crippen MR) is 74.9 cm³/mol. The predicted octanol–water partition coefficient (Wildman–Crippen LogP) is 3.09. The molecule has 1 aliphatic heterocycles. The zero-order chi connectivity index (χ0) is 13.1. The Morgan fingerprint density at radius 1 is 1.41 bits per heavy atom. The van der Waals surface area contributed by atoms with E-state index in [1.165, 1.54) is 11.8 Å². The third kappa shape index (κ3) is 6.54. The Bertz CT molecular complexity index is 258. The van der Waals surface area contributed by atoms with Crippen LogP contribution in [-0.2, 0) is 9.53 Å². The molecule has 0 aromatic rings. The van der Waals surface area contributed by atoms with E-state index in [9.17, 15) is 4.79 Å². The number of ether oxygens (including phenoxy) is 1. The van der Waals surface area contributed by atoms with Crippen molar-refractivity contribution >= 4 is 17.7 Å². The zero-order valence-electron chi connectivity index (χ0n) is 11.0. The fourth-order valence-electron chi connectivity index (χ4n) is 1.45. The summed E-state index contributed by atoms with van der Waals surface area (Å²) in [6, 6.07) is 0. The van der Waals surface area contributed by atoms with Crippen LogP contribution in [0.1, 0.15) is 33.6 Å². The lowest BCUT2D eigenvalue weighted by Gasteiger charge is -2.22. The van der Waals surface area contributed by atoms with Crippen LogP contribution in [0.15, 0.2) is 23.0 Å². The minimum absolute atomic E-state index is 0.0686. The number of nitrogens with one attached hydrogen (secondary N) is 1. The summed E-state index contributed by atoms with van der Waals surface area (Å²) in [4.78, 5) is 12.3. The molecular formula is C13H23NO2S. The molecule has 0 aliphatic carbocycles. The molecular weight excluding hydrogens is 234 g/mol. The molecule has 1 fully saturated rings. The molecule has 98 valence electrons. The Morgan fingerprint density at radius 3 is 2.47 bits per heavy atom. The summed E-state index contributed by atoms with van der Waals surface area (Å²) in [6.45, 7) is 11.3. The molecule has 0 aromatic carbocycles. The molecule has 0 aromatic heterocycles. The molecule has 0 radical (unpaired) electrons. The van der Waals surface area contributed by atoms with Gasteiger partial charge in [-0.1, -0.05) is 38.3 Å². The van der Waals surface area contributed by atoms with Crippen molar-refractivity contribution in [2.75, 3.05) is 13.1 Å². The highest BCUT2D eigenvalue weighted by molar-refractivity contribution is 8.06. The lowest BCUT2D eigenvalue weighted by molar-refractivity contribution is -0.144. The van der Waals surface area contributed by atoms with Crippen LogP contribution in [0, 0.1) is 0 Å². The first-order valence-electron chi connectivity index (χ1n) is 6.13. The highest BCUT2D eigenvalue weighted by Gasteiger charge is 2.19. The lowest BCUT2D eigenvalue weighted by atomic mass is 10.1. The van der Waals surface area contributed by atoms with E-state index in [4.69, 9.17) is 4.74 Å². The molecule has 1 heterocycles. The minimum atomic E-state index is -0.227. The van der Waals surface area contributed by atoms with E-state index < -0.39 is 0 Å². The van der Waals surface area contributed by atoms with Gasteiger partial charge in [0.25, 0.3) is 0 Å². The zero-order valence-corrected chi connectivity index (χ0v) is 11.8. The molecule has 3 nitrogen and oxygen atoms in total. The third-order valence-corrected chi connectivity index (χ3v) is 3.06. The smallest absolute Gasteiger partial charge is 0.344 e. The van der Waals surface area contributed by atoms with Crippen LogP contribution in [0.3, 0.4) is 0 Å². The summed E-state index contributed by atoms with van der Waals surface area (Å²) in [5.74, 6) is -0.227. The van der Waals surface area contributed by atoms with Crippen LogP contribution in [0.2, 0.25) is 0 Å². The SMILES string of the molecule is C=CS/C(=C\C)C(=O)OC1CCNCC1.CC. The summed E-state index contributed by atoms with van der Waals surface area (Å²) in [7, 11) is 0. The van der Waals surface area contributed by atoms with E-state index in [-0.39, 0.29) is 12.1 Å². The van der Waals surface area contributed by atoms with Gasteiger partial charge in [0.1, 0.15) is 6.10 Å². The average Bonchev–Trinajstić information content (AvgIpc) is 2.39. The van der Waals surface area contributed by atoms with Gasteiger partial charge in [0.15, 0.2) is 0 Å². The number of esters is 1. The van der Waals surface area contributed by atoms with Gasteiger partial charge in [0.05, 0.1) is 4.91 Å². The average molecular weight is 257 g/mol. The number of piperidine rings is 1. The molecule has 0 bridgehead atoms. The maximum absolute atomic E-state index is 11.7. The summed E-state index contributed by atoms with van der Waals surface area (Å²) in [5, 5.41) is 4.87. The van der Waals surface area contributed by atoms with Crippen molar-refractivity contribution in [3.05, 3.63) is 23.0 Å². The van der Waals surface area contributed by atoms with Crippen LogP contribution in [-0.4, -0.2) is 25.2 Å². The number of thioether (sulfide) groups is 1. The van der Waals surface area contributed by atoms with E-state index in [1.54, 1.807) is 11.5 Å². The van der Waals surface area contributed by atoms with E-state index >= 15 is 0 Å². The molecule has 1 rings (SSSR count). The molecule has 1 saturated heterocycles. The van der Waals surface area contributed by atoms with E-state index in [2.05, 4.69) is 11.9 Å². The molecule has 17 heavy (non-hydrogen) atoms. The van der Waals surface area contributed by atoms with Crippen LogP contribution >= 0.6 is 11.8 Å². The first-order chi connectivity index (χ1) is 8.27.